The first-order valence-electron chi connectivity index (χ1n) is 10.6. The fraction of sp³-hybridized carbons (Fsp3) is 0.375. The number of aromatic nitrogens is 1. The molecular formula is C24H23F3N2O2. The number of carbonyl (C=O) groups excluding carboxylic acids is 1. The van der Waals surface area contributed by atoms with Crippen LogP contribution < -0.4 is 0 Å². The fourth-order valence-electron chi connectivity index (χ4n) is 5.00. The summed E-state index contributed by atoms with van der Waals surface area (Å²) in [7, 11) is 0. The number of aliphatic hydroxyl groups is 1. The summed E-state index contributed by atoms with van der Waals surface area (Å²) in [6.45, 7) is 1.33. The van der Waals surface area contributed by atoms with Crippen molar-refractivity contribution in [2.45, 2.75) is 25.2 Å². The van der Waals surface area contributed by atoms with Crippen molar-refractivity contribution < 1.29 is 23.1 Å². The topological polar surface area (TPSA) is 56.3 Å². The number of nitrogens with one attached hydrogen (secondary N) is 1. The molecular weight excluding hydrogens is 405 g/mol. The van der Waals surface area contributed by atoms with Crippen molar-refractivity contribution in [1.29, 1.82) is 0 Å². The molecule has 0 spiro atoms. The second-order valence-corrected chi connectivity index (χ2v) is 8.72. The van der Waals surface area contributed by atoms with Gasteiger partial charge in [-0.1, -0.05) is 0 Å². The van der Waals surface area contributed by atoms with Crippen molar-refractivity contribution in [2.75, 3.05) is 19.7 Å². The summed E-state index contributed by atoms with van der Waals surface area (Å²) in [4.78, 5) is 17.7. The van der Waals surface area contributed by atoms with Crippen LogP contribution in [0.25, 0.3) is 22.2 Å². The Hall–Kier alpha value is -2.80. The molecule has 1 saturated carbocycles. The molecule has 1 aromatic heterocycles. The quantitative estimate of drug-likeness (QED) is 0.639. The third kappa shape index (κ3) is 3.51. The normalized spacial score (nSPS) is 23.4. The Balaban J connectivity index is 1.46. The monoisotopic (exact) mass is 428 g/mol. The van der Waals surface area contributed by atoms with Crippen LogP contribution in [-0.2, 0) is 4.79 Å². The highest BCUT2D eigenvalue weighted by Crippen LogP contribution is 2.49. The number of aromatic amines is 1. The standard InChI is InChI=1S/C24H23F3N2O2/c25-17-3-1-14(2-4-17)22-21(19-9-18(26)10-20(27)23(19)28-22)15-7-16(8-15)24(31)29-6-5-13(11-29)12-30/h1-4,9-10,13,15-16,28,30H,5-8,11-12H2/t13-,15-,16-/m0/s1. The van der Waals surface area contributed by atoms with Gasteiger partial charge in [-0.2, -0.15) is 0 Å². The Bertz CT molecular complexity index is 1140. The molecule has 1 amide bonds. The predicted octanol–water partition coefficient (Wildman–Crippen LogP) is 4.59. The zero-order valence-corrected chi connectivity index (χ0v) is 16.9. The minimum Gasteiger partial charge on any atom is -0.396 e. The summed E-state index contributed by atoms with van der Waals surface area (Å²) < 4.78 is 41.9. The van der Waals surface area contributed by atoms with Gasteiger partial charge in [-0.05, 0) is 66.6 Å². The largest absolute Gasteiger partial charge is 0.396 e. The molecule has 0 bridgehead atoms. The van der Waals surface area contributed by atoms with E-state index in [2.05, 4.69) is 4.98 Å². The molecule has 1 aliphatic carbocycles. The van der Waals surface area contributed by atoms with Crippen molar-refractivity contribution >= 4 is 16.8 Å². The molecule has 1 atom stereocenters. The number of amides is 1. The van der Waals surface area contributed by atoms with E-state index < -0.39 is 11.6 Å². The molecule has 7 heteroatoms. The van der Waals surface area contributed by atoms with Gasteiger partial charge < -0.3 is 15.0 Å². The molecule has 2 N–H and O–H groups in total. The minimum absolute atomic E-state index is 0.0276. The zero-order valence-electron chi connectivity index (χ0n) is 16.9. The van der Waals surface area contributed by atoms with Gasteiger partial charge in [-0.25, -0.2) is 13.2 Å². The van der Waals surface area contributed by atoms with Gasteiger partial charge in [-0.3, -0.25) is 4.79 Å². The summed E-state index contributed by atoms with van der Waals surface area (Å²) in [6, 6.07) is 8.05. The van der Waals surface area contributed by atoms with E-state index >= 15 is 0 Å². The average Bonchev–Trinajstić information content (AvgIpc) is 3.33. The van der Waals surface area contributed by atoms with Crippen molar-refractivity contribution in [3.05, 3.63) is 59.4 Å². The lowest BCUT2D eigenvalue weighted by molar-refractivity contribution is -0.137. The molecule has 5 rings (SSSR count). The van der Waals surface area contributed by atoms with Gasteiger partial charge in [-0.15, -0.1) is 0 Å². The number of H-pyrrole nitrogens is 1. The molecule has 2 fully saturated rings. The lowest BCUT2D eigenvalue weighted by Gasteiger charge is -2.37. The highest BCUT2D eigenvalue weighted by Gasteiger charge is 2.41. The summed E-state index contributed by atoms with van der Waals surface area (Å²) in [5.41, 5.74) is 2.32. The summed E-state index contributed by atoms with van der Waals surface area (Å²) in [5, 5.41) is 9.78. The molecule has 1 saturated heterocycles. The van der Waals surface area contributed by atoms with Crippen LogP contribution in [0.2, 0.25) is 0 Å². The number of carbonyl (C=O) groups is 1. The van der Waals surface area contributed by atoms with Gasteiger partial charge >= 0.3 is 0 Å². The van der Waals surface area contributed by atoms with Gasteiger partial charge in [0.15, 0.2) is 0 Å². The minimum atomic E-state index is -0.677. The summed E-state index contributed by atoms with van der Waals surface area (Å²) >= 11 is 0. The molecule has 2 aromatic carbocycles. The Labute approximate surface area is 177 Å². The SMILES string of the molecule is O=C([C@H]1C[C@H](c2c(-c3ccc(F)cc3)[nH]c3c(F)cc(F)cc32)C1)N1CC[C@H](CO)C1. The summed E-state index contributed by atoms with van der Waals surface area (Å²) in [5.74, 6) is -1.64. The highest BCUT2D eigenvalue weighted by atomic mass is 19.1. The number of halogens is 3. The Morgan fingerprint density at radius 3 is 2.52 bits per heavy atom. The first-order valence-corrected chi connectivity index (χ1v) is 10.6. The van der Waals surface area contributed by atoms with E-state index in [4.69, 9.17) is 0 Å². The zero-order chi connectivity index (χ0) is 21.7. The number of hydrogen-bond acceptors (Lipinski definition) is 2. The third-order valence-corrected chi connectivity index (χ3v) is 6.75. The molecule has 3 aromatic rings. The van der Waals surface area contributed by atoms with Crippen molar-refractivity contribution in [1.82, 2.24) is 9.88 Å². The Morgan fingerprint density at radius 1 is 1.10 bits per heavy atom. The number of fused-ring (bicyclic) bond motifs is 1. The maximum atomic E-state index is 14.5. The third-order valence-electron chi connectivity index (χ3n) is 6.75. The van der Waals surface area contributed by atoms with E-state index in [0.29, 0.717) is 42.6 Å². The van der Waals surface area contributed by atoms with E-state index in [0.717, 1.165) is 18.1 Å². The molecule has 2 aliphatic rings. The van der Waals surface area contributed by atoms with Crippen LogP contribution in [0.1, 0.15) is 30.7 Å². The van der Waals surface area contributed by atoms with Gasteiger partial charge in [0, 0.05) is 43.0 Å². The molecule has 2 heterocycles. The number of benzene rings is 2. The molecule has 0 unspecified atom stereocenters. The number of hydrogen-bond donors (Lipinski definition) is 2. The maximum Gasteiger partial charge on any atom is 0.225 e. The maximum absolute atomic E-state index is 14.5. The van der Waals surface area contributed by atoms with Crippen LogP contribution in [0.5, 0.6) is 0 Å². The second-order valence-electron chi connectivity index (χ2n) is 8.72. The van der Waals surface area contributed by atoms with E-state index in [-0.39, 0.29) is 41.6 Å². The Kier molecular flexibility index (Phi) is 5.01. The van der Waals surface area contributed by atoms with E-state index in [1.54, 1.807) is 12.1 Å². The van der Waals surface area contributed by atoms with Crippen LogP contribution in [0, 0.1) is 29.3 Å². The van der Waals surface area contributed by atoms with Crippen molar-refractivity contribution in [2.24, 2.45) is 11.8 Å². The van der Waals surface area contributed by atoms with E-state index in [9.17, 15) is 23.1 Å². The smallest absolute Gasteiger partial charge is 0.225 e. The molecule has 31 heavy (non-hydrogen) atoms. The molecule has 0 radical (unpaired) electrons. The second kappa shape index (κ2) is 7.71. The number of likely N-dealkylation sites (tertiary alicyclic amines) is 1. The lowest BCUT2D eigenvalue weighted by atomic mass is 9.69. The first-order chi connectivity index (χ1) is 14.9. The fourth-order valence-corrected chi connectivity index (χ4v) is 5.00. The van der Waals surface area contributed by atoms with Gasteiger partial charge in [0.25, 0.3) is 0 Å². The Morgan fingerprint density at radius 2 is 1.84 bits per heavy atom. The van der Waals surface area contributed by atoms with Crippen LogP contribution in [0.15, 0.2) is 36.4 Å². The van der Waals surface area contributed by atoms with E-state index in [1.165, 1.54) is 18.2 Å². The van der Waals surface area contributed by atoms with E-state index in [1.807, 2.05) is 4.90 Å². The highest BCUT2D eigenvalue weighted by molar-refractivity contribution is 5.92. The first kappa shape index (κ1) is 20.1. The van der Waals surface area contributed by atoms with Gasteiger partial charge in [0.1, 0.15) is 17.5 Å². The van der Waals surface area contributed by atoms with Crippen LogP contribution in [0.4, 0.5) is 13.2 Å². The number of aliphatic hydroxyl groups excluding tert-OH is 1. The molecule has 1 aliphatic heterocycles. The van der Waals surface area contributed by atoms with Crippen molar-refractivity contribution in [3.63, 3.8) is 0 Å². The van der Waals surface area contributed by atoms with Gasteiger partial charge in [0.2, 0.25) is 5.91 Å². The lowest BCUT2D eigenvalue weighted by Crippen LogP contribution is -2.40. The number of rotatable bonds is 4. The van der Waals surface area contributed by atoms with Crippen LogP contribution in [-0.4, -0.2) is 40.6 Å². The van der Waals surface area contributed by atoms with Crippen LogP contribution in [0.3, 0.4) is 0 Å². The molecule has 4 nitrogen and oxygen atoms in total. The molecule has 162 valence electrons. The average molecular weight is 428 g/mol. The number of nitrogens with zero attached hydrogens (tertiary/aromatic N) is 1. The van der Waals surface area contributed by atoms with Crippen LogP contribution >= 0.6 is 0 Å². The summed E-state index contributed by atoms with van der Waals surface area (Å²) in [6.07, 6.45) is 2.00. The van der Waals surface area contributed by atoms with Crippen molar-refractivity contribution in [3.8, 4) is 11.3 Å². The van der Waals surface area contributed by atoms with Gasteiger partial charge in [0.05, 0.1) is 11.2 Å². The predicted molar refractivity (Wildman–Crippen MR) is 111 cm³/mol.